The lowest BCUT2D eigenvalue weighted by Crippen LogP contribution is -2.40. The first-order valence-corrected chi connectivity index (χ1v) is 9.04. The average molecular weight is 349 g/mol. The van der Waals surface area contributed by atoms with E-state index in [2.05, 4.69) is 26.9 Å². The molecule has 0 saturated carbocycles. The zero-order valence-electron chi connectivity index (χ0n) is 15.0. The Morgan fingerprint density at radius 1 is 1.19 bits per heavy atom. The van der Waals surface area contributed by atoms with E-state index >= 15 is 0 Å². The molecule has 0 spiro atoms. The number of piperidine rings is 1. The molecule has 0 bridgehead atoms. The van der Waals surface area contributed by atoms with E-state index in [1.165, 1.54) is 5.56 Å². The number of carbonyl (C=O) groups is 1. The second-order valence-electron chi connectivity index (χ2n) is 6.90. The van der Waals surface area contributed by atoms with Gasteiger partial charge in [-0.3, -0.25) is 4.79 Å². The average Bonchev–Trinajstić information content (AvgIpc) is 3.31. The van der Waals surface area contributed by atoms with E-state index in [0.717, 1.165) is 37.4 Å². The number of carbonyl (C=O) groups excluding carboxylic acids is 1. The monoisotopic (exact) mass is 349 g/mol. The molecule has 0 N–H and O–H groups in total. The maximum absolute atomic E-state index is 12.8. The summed E-state index contributed by atoms with van der Waals surface area (Å²) in [5.74, 6) is 1.29. The normalized spacial score (nSPS) is 17.4. The van der Waals surface area contributed by atoms with Crippen molar-refractivity contribution >= 4 is 5.91 Å². The number of amides is 1. The van der Waals surface area contributed by atoms with E-state index in [0.29, 0.717) is 6.54 Å². The fourth-order valence-corrected chi connectivity index (χ4v) is 3.70. The lowest BCUT2D eigenvalue weighted by Gasteiger charge is -2.32. The molecule has 6 heteroatoms. The third kappa shape index (κ3) is 3.27. The molecule has 1 atom stereocenters. The summed E-state index contributed by atoms with van der Waals surface area (Å²) in [6.07, 6.45) is 5.72. The van der Waals surface area contributed by atoms with Crippen molar-refractivity contribution in [2.45, 2.75) is 25.3 Å². The number of likely N-dealkylation sites (tertiary alicyclic amines) is 1. The molecular formula is C20H23N5O. The first-order chi connectivity index (χ1) is 12.7. The molecule has 0 radical (unpaired) electrons. The number of benzene rings is 1. The van der Waals surface area contributed by atoms with Crippen LogP contribution in [0, 0.1) is 0 Å². The molecule has 134 valence electrons. The largest absolute Gasteiger partial charge is 0.347 e. The molecule has 1 saturated heterocycles. The summed E-state index contributed by atoms with van der Waals surface area (Å²) in [5, 5.41) is 8.51. The number of hydrogen-bond donors (Lipinski definition) is 0. The van der Waals surface area contributed by atoms with Crippen LogP contribution in [0.3, 0.4) is 0 Å². The topological polar surface area (TPSA) is 56.0 Å². The molecule has 6 nitrogen and oxygen atoms in total. The number of aromatic nitrogens is 4. The zero-order valence-corrected chi connectivity index (χ0v) is 15.0. The highest BCUT2D eigenvalue weighted by atomic mass is 16.2. The van der Waals surface area contributed by atoms with Crippen LogP contribution < -0.4 is 0 Å². The van der Waals surface area contributed by atoms with Crippen LogP contribution in [0.4, 0.5) is 0 Å². The lowest BCUT2D eigenvalue weighted by molar-refractivity contribution is 0.0693. The summed E-state index contributed by atoms with van der Waals surface area (Å²) < 4.78 is 3.99. The Morgan fingerprint density at radius 3 is 2.81 bits per heavy atom. The van der Waals surface area contributed by atoms with E-state index in [1.807, 2.05) is 53.0 Å². The van der Waals surface area contributed by atoms with E-state index in [-0.39, 0.29) is 11.8 Å². The minimum absolute atomic E-state index is 0.0938. The molecule has 3 heterocycles. The number of rotatable bonds is 4. The number of hydrogen-bond acceptors (Lipinski definition) is 3. The highest BCUT2D eigenvalue weighted by molar-refractivity contribution is 5.92. The smallest absolute Gasteiger partial charge is 0.270 e. The first kappa shape index (κ1) is 16.6. The Morgan fingerprint density at radius 2 is 2.04 bits per heavy atom. The van der Waals surface area contributed by atoms with Crippen molar-refractivity contribution < 1.29 is 4.79 Å². The molecular weight excluding hydrogens is 326 g/mol. The van der Waals surface area contributed by atoms with Gasteiger partial charge >= 0.3 is 0 Å². The van der Waals surface area contributed by atoms with Gasteiger partial charge in [-0.15, -0.1) is 10.2 Å². The molecule has 1 aliphatic rings. The molecule has 0 aliphatic carbocycles. The van der Waals surface area contributed by atoms with Crippen molar-refractivity contribution in [3.05, 3.63) is 72.1 Å². The van der Waals surface area contributed by atoms with E-state index in [1.54, 1.807) is 6.33 Å². The fourth-order valence-electron chi connectivity index (χ4n) is 3.70. The van der Waals surface area contributed by atoms with E-state index in [9.17, 15) is 4.79 Å². The maximum Gasteiger partial charge on any atom is 0.270 e. The van der Waals surface area contributed by atoms with Gasteiger partial charge in [-0.2, -0.15) is 0 Å². The summed E-state index contributed by atoms with van der Waals surface area (Å²) in [6, 6.07) is 14.1. The van der Waals surface area contributed by atoms with Gasteiger partial charge in [-0.05, 0) is 30.5 Å². The number of aryl methyl sites for hydroxylation is 1. The molecule has 2 aromatic heterocycles. The summed E-state index contributed by atoms with van der Waals surface area (Å²) in [5.41, 5.74) is 1.96. The Bertz CT molecular complexity index is 883. The first-order valence-electron chi connectivity index (χ1n) is 9.04. The van der Waals surface area contributed by atoms with Gasteiger partial charge in [0.2, 0.25) is 0 Å². The van der Waals surface area contributed by atoms with Crippen LogP contribution >= 0.6 is 0 Å². The zero-order chi connectivity index (χ0) is 17.9. The quantitative estimate of drug-likeness (QED) is 0.728. The van der Waals surface area contributed by atoms with Gasteiger partial charge in [0.05, 0.1) is 6.54 Å². The summed E-state index contributed by atoms with van der Waals surface area (Å²) in [4.78, 5) is 14.8. The maximum atomic E-state index is 12.8. The van der Waals surface area contributed by atoms with Gasteiger partial charge in [0.1, 0.15) is 17.8 Å². The molecule has 4 rings (SSSR count). The van der Waals surface area contributed by atoms with Gasteiger partial charge in [0.15, 0.2) is 0 Å². The van der Waals surface area contributed by atoms with Crippen molar-refractivity contribution in [1.82, 2.24) is 24.2 Å². The predicted molar refractivity (Wildman–Crippen MR) is 98.9 cm³/mol. The molecule has 1 aliphatic heterocycles. The fraction of sp³-hybridized carbons (Fsp3) is 0.350. The van der Waals surface area contributed by atoms with E-state index < -0.39 is 0 Å². The van der Waals surface area contributed by atoms with Gasteiger partial charge in [0.25, 0.3) is 5.91 Å². The molecule has 26 heavy (non-hydrogen) atoms. The molecule has 1 unspecified atom stereocenters. The minimum atomic E-state index is 0.0938. The van der Waals surface area contributed by atoms with Crippen LogP contribution in [0.25, 0.3) is 0 Å². The Kier molecular flexibility index (Phi) is 4.56. The van der Waals surface area contributed by atoms with Crippen LogP contribution in [0.1, 0.15) is 40.6 Å². The predicted octanol–water partition coefficient (Wildman–Crippen LogP) is 2.68. The van der Waals surface area contributed by atoms with Crippen molar-refractivity contribution in [1.29, 1.82) is 0 Å². The third-order valence-corrected chi connectivity index (χ3v) is 5.08. The van der Waals surface area contributed by atoms with Crippen LogP contribution in [-0.4, -0.2) is 43.2 Å². The molecule has 3 aromatic rings. The van der Waals surface area contributed by atoms with Crippen LogP contribution in [0.15, 0.2) is 55.0 Å². The second-order valence-corrected chi connectivity index (χ2v) is 6.90. The van der Waals surface area contributed by atoms with Crippen molar-refractivity contribution in [3.8, 4) is 0 Å². The highest BCUT2D eigenvalue weighted by Crippen LogP contribution is 2.27. The lowest BCUT2D eigenvalue weighted by atomic mass is 9.96. The molecule has 1 fully saturated rings. The van der Waals surface area contributed by atoms with Crippen LogP contribution in [-0.2, 0) is 13.6 Å². The summed E-state index contributed by atoms with van der Waals surface area (Å²) in [6.45, 7) is 2.25. The van der Waals surface area contributed by atoms with Crippen LogP contribution in [0.2, 0.25) is 0 Å². The summed E-state index contributed by atoms with van der Waals surface area (Å²) in [7, 11) is 1.91. The Hall–Kier alpha value is -2.89. The molecule has 1 aromatic carbocycles. The van der Waals surface area contributed by atoms with Crippen molar-refractivity contribution in [3.63, 3.8) is 0 Å². The Balaban J connectivity index is 1.51. The van der Waals surface area contributed by atoms with Crippen molar-refractivity contribution in [2.75, 3.05) is 13.1 Å². The minimum Gasteiger partial charge on any atom is -0.347 e. The number of nitrogens with zero attached hydrogens (tertiary/aromatic N) is 5. The van der Waals surface area contributed by atoms with Gasteiger partial charge < -0.3 is 14.0 Å². The molecule has 1 amide bonds. The third-order valence-electron chi connectivity index (χ3n) is 5.08. The van der Waals surface area contributed by atoms with Crippen molar-refractivity contribution in [2.24, 2.45) is 7.05 Å². The van der Waals surface area contributed by atoms with Gasteiger partial charge in [0, 0.05) is 32.3 Å². The van der Waals surface area contributed by atoms with E-state index in [4.69, 9.17) is 0 Å². The van der Waals surface area contributed by atoms with Gasteiger partial charge in [-0.25, -0.2) is 0 Å². The van der Waals surface area contributed by atoms with Crippen LogP contribution in [0.5, 0.6) is 0 Å². The second kappa shape index (κ2) is 7.15. The standard InChI is InChI=1S/C20H23N5O/c1-23-11-6-10-18(23)20(26)24-12-5-9-17(14-24)19-22-21-15-25(19)13-16-7-3-2-4-8-16/h2-4,6-8,10-11,15,17H,5,9,12-14H2,1H3. The van der Waals surface area contributed by atoms with Gasteiger partial charge in [-0.1, -0.05) is 30.3 Å². The highest BCUT2D eigenvalue weighted by Gasteiger charge is 2.29. The Labute approximate surface area is 153 Å². The summed E-state index contributed by atoms with van der Waals surface area (Å²) >= 11 is 0. The SMILES string of the molecule is Cn1cccc1C(=O)N1CCCC(c2nncn2Cc2ccccc2)C1.